The Bertz CT molecular complexity index is 802. The number of hydrogen-bond donors (Lipinski definition) is 4. The summed E-state index contributed by atoms with van der Waals surface area (Å²) in [5.41, 5.74) is 2.54. The van der Waals surface area contributed by atoms with Gasteiger partial charge in [0, 0.05) is 24.0 Å². The minimum Gasteiger partial charge on any atom is -0.381 e. The first-order chi connectivity index (χ1) is 13.1. The summed E-state index contributed by atoms with van der Waals surface area (Å²) in [5, 5.41) is 27.6. The van der Waals surface area contributed by atoms with E-state index in [-0.39, 0.29) is 11.5 Å². The molecule has 2 saturated carbocycles. The van der Waals surface area contributed by atoms with Crippen molar-refractivity contribution in [2.24, 2.45) is 11.3 Å². The van der Waals surface area contributed by atoms with Crippen molar-refractivity contribution in [3.05, 3.63) is 34.9 Å². The molecule has 3 unspecified atom stereocenters. The number of methoxy groups -OCH3 is 1. The molecule has 3 atom stereocenters. The fourth-order valence-corrected chi connectivity index (χ4v) is 5.61. The van der Waals surface area contributed by atoms with Crippen LogP contribution in [0.1, 0.15) is 55.2 Å². The zero-order valence-electron chi connectivity index (χ0n) is 15.8. The van der Waals surface area contributed by atoms with Crippen molar-refractivity contribution in [3.63, 3.8) is 0 Å². The predicted molar refractivity (Wildman–Crippen MR) is 101 cm³/mol. The highest BCUT2D eigenvalue weighted by molar-refractivity contribution is 5.51. The molecule has 4 N–H and O–H groups in total. The third-order valence-electron chi connectivity index (χ3n) is 7.21. The number of ether oxygens (including phenoxy) is 1. The van der Waals surface area contributed by atoms with Gasteiger partial charge in [0.25, 0.3) is 0 Å². The third-order valence-corrected chi connectivity index (χ3v) is 7.21. The maximum absolute atomic E-state index is 11.1. The van der Waals surface area contributed by atoms with Crippen LogP contribution in [0.3, 0.4) is 0 Å². The van der Waals surface area contributed by atoms with Crippen molar-refractivity contribution in [1.82, 2.24) is 10.6 Å². The highest BCUT2D eigenvalue weighted by atomic mass is 16.5. The Morgan fingerprint density at radius 3 is 2.56 bits per heavy atom. The summed E-state index contributed by atoms with van der Waals surface area (Å²) in [5.74, 6) is 7.20. The van der Waals surface area contributed by atoms with E-state index in [0.717, 1.165) is 43.2 Å². The van der Waals surface area contributed by atoms with Crippen molar-refractivity contribution in [1.29, 1.82) is 0 Å². The number of nitrogens with one attached hydrogen (secondary N) is 2. The van der Waals surface area contributed by atoms with Gasteiger partial charge in [-0.2, -0.15) is 0 Å². The molecule has 1 aromatic rings. The molecule has 1 aromatic carbocycles. The van der Waals surface area contributed by atoms with Crippen molar-refractivity contribution in [2.45, 2.75) is 69.2 Å². The number of aliphatic hydroxyl groups is 2. The molecule has 3 aliphatic carbocycles. The summed E-state index contributed by atoms with van der Waals surface area (Å²) < 4.78 is 5.58. The van der Waals surface area contributed by atoms with Gasteiger partial charge in [0.2, 0.25) is 0 Å². The van der Waals surface area contributed by atoms with Crippen LogP contribution in [0.4, 0.5) is 0 Å². The molecule has 27 heavy (non-hydrogen) atoms. The van der Waals surface area contributed by atoms with Crippen LogP contribution in [0.2, 0.25) is 0 Å². The summed E-state index contributed by atoms with van der Waals surface area (Å²) in [6.45, 7) is 0. The Morgan fingerprint density at radius 2 is 1.93 bits per heavy atom. The first-order valence-electron chi connectivity index (χ1n) is 10.1. The lowest BCUT2D eigenvalue weighted by atomic mass is 9.61. The highest BCUT2D eigenvalue weighted by Gasteiger charge is 2.64. The molecule has 144 valence electrons. The van der Waals surface area contributed by atoms with Crippen molar-refractivity contribution >= 4 is 0 Å². The molecule has 1 heterocycles. The van der Waals surface area contributed by atoms with E-state index in [2.05, 4.69) is 40.7 Å². The van der Waals surface area contributed by atoms with Gasteiger partial charge in [-0.05, 0) is 68.2 Å². The van der Waals surface area contributed by atoms with Gasteiger partial charge >= 0.3 is 0 Å². The number of hydrogen-bond acceptors (Lipinski definition) is 5. The molecule has 5 heteroatoms. The third kappa shape index (κ3) is 2.66. The average Bonchev–Trinajstić information content (AvgIpc) is 3.40. The van der Waals surface area contributed by atoms with Gasteiger partial charge in [-0.15, -0.1) is 0 Å². The number of fused-ring (bicyclic) bond motifs is 3. The Hall–Kier alpha value is -1.42. The maximum atomic E-state index is 11.1. The molecule has 0 amide bonds. The molecule has 0 radical (unpaired) electrons. The molecule has 3 fully saturated rings. The minimum atomic E-state index is -0.913. The van der Waals surface area contributed by atoms with Gasteiger partial charge in [0.1, 0.15) is 6.23 Å². The fourth-order valence-electron chi connectivity index (χ4n) is 5.61. The van der Waals surface area contributed by atoms with Gasteiger partial charge in [0.15, 0.2) is 6.35 Å². The summed E-state index contributed by atoms with van der Waals surface area (Å²) >= 11 is 0. The minimum absolute atomic E-state index is 0.128. The van der Waals surface area contributed by atoms with Crippen molar-refractivity contribution in [2.75, 3.05) is 7.11 Å². The standard InChI is InChI=1S/C22H28N2O3/c1-27-17-8-10-21(11-9-17)13-16-7-6-15(5-4-14-2-3-14)12-18(16)22(21)19(25)23-20(26)24-22/h6-7,12,14,17,19-20,23-26H,2-3,8-11,13H2,1H3. The van der Waals surface area contributed by atoms with Gasteiger partial charge in [-0.25, -0.2) is 0 Å². The largest absolute Gasteiger partial charge is 0.381 e. The first kappa shape index (κ1) is 17.7. The molecule has 5 rings (SSSR count). The van der Waals surface area contributed by atoms with Gasteiger partial charge in [-0.3, -0.25) is 10.6 Å². The molecule has 0 bridgehead atoms. The van der Waals surface area contributed by atoms with Crippen LogP contribution in [0.15, 0.2) is 18.2 Å². The lowest BCUT2D eigenvalue weighted by Crippen LogP contribution is -2.58. The number of aliphatic hydroxyl groups excluding tert-OH is 2. The number of rotatable bonds is 1. The van der Waals surface area contributed by atoms with Crippen molar-refractivity contribution < 1.29 is 14.9 Å². The molecule has 5 nitrogen and oxygen atoms in total. The molecular formula is C22H28N2O3. The molecular weight excluding hydrogens is 340 g/mol. The zero-order valence-corrected chi connectivity index (χ0v) is 15.8. The lowest BCUT2D eigenvalue weighted by molar-refractivity contribution is -0.0571. The predicted octanol–water partition coefficient (Wildman–Crippen LogP) is 1.56. The van der Waals surface area contributed by atoms with E-state index in [1.807, 2.05) is 0 Å². The van der Waals surface area contributed by atoms with Crippen LogP contribution in [-0.2, 0) is 16.7 Å². The van der Waals surface area contributed by atoms with Crippen LogP contribution >= 0.6 is 0 Å². The van der Waals surface area contributed by atoms with E-state index in [1.165, 1.54) is 18.4 Å². The highest BCUT2D eigenvalue weighted by Crippen LogP contribution is 2.60. The van der Waals surface area contributed by atoms with Crippen molar-refractivity contribution in [3.8, 4) is 11.8 Å². The van der Waals surface area contributed by atoms with Crippen LogP contribution in [-0.4, -0.2) is 36.0 Å². The second kappa shape index (κ2) is 6.30. The molecule has 2 spiro atoms. The smallest absolute Gasteiger partial charge is 0.163 e. The Balaban J connectivity index is 1.57. The summed E-state index contributed by atoms with van der Waals surface area (Å²) in [7, 11) is 1.78. The normalized spacial score (nSPS) is 40.2. The topological polar surface area (TPSA) is 73.8 Å². The zero-order chi connectivity index (χ0) is 18.6. The van der Waals surface area contributed by atoms with Crippen LogP contribution in [0, 0.1) is 23.2 Å². The van der Waals surface area contributed by atoms with E-state index in [4.69, 9.17) is 4.74 Å². The molecule has 1 aliphatic heterocycles. The molecule has 4 aliphatic rings. The monoisotopic (exact) mass is 368 g/mol. The summed E-state index contributed by atoms with van der Waals surface area (Å²) in [6.07, 6.45) is 5.74. The second-order valence-corrected chi connectivity index (χ2v) is 8.73. The second-order valence-electron chi connectivity index (χ2n) is 8.73. The Kier molecular flexibility index (Phi) is 4.12. The van der Waals surface area contributed by atoms with Gasteiger partial charge < -0.3 is 14.9 Å². The van der Waals surface area contributed by atoms with E-state index in [0.29, 0.717) is 5.92 Å². The Labute approximate surface area is 160 Å². The molecule has 1 saturated heterocycles. The van der Waals surface area contributed by atoms with Crippen LogP contribution < -0.4 is 10.6 Å². The fraction of sp³-hybridized carbons (Fsp3) is 0.636. The number of benzene rings is 1. The van der Waals surface area contributed by atoms with Gasteiger partial charge in [-0.1, -0.05) is 17.9 Å². The Morgan fingerprint density at radius 1 is 1.15 bits per heavy atom. The SMILES string of the molecule is COC1CCC2(CC1)Cc1ccc(C#CC3CC3)cc1C21NC(O)NC1O. The molecule has 0 aromatic heterocycles. The maximum Gasteiger partial charge on any atom is 0.163 e. The summed E-state index contributed by atoms with van der Waals surface area (Å²) in [6, 6.07) is 6.41. The average molecular weight is 368 g/mol. The van der Waals surface area contributed by atoms with E-state index < -0.39 is 18.1 Å². The van der Waals surface area contributed by atoms with Crippen LogP contribution in [0.25, 0.3) is 0 Å². The van der Waals surface area contributed by atoms with E-state index in [9.17, 15) is 10.2 Å². The van der Waals surface area contributed by atoms with E-state index >= 15 is 0 Å². The van der Waals surface area contributed by atoms with Gasteiger partial charge in [0.05, 0.1) is 11.6 Å². The van der Waals surface area contributed by atoms with Crippen LogP contribution in [0.5, 0.6) is 0 Å². The lowest BCUT2D eigenvalue weighted by Gasteiger charge is -2.49. The summed E-state index contributed by atoms with van der Waals surface area (Å²) in [4.78, 5) is 0. The quantitative estimate of drug-likeness (QED) is 0.566. The first-order valence-corrected chi connectivity index (χ1v) is 10.1. The van der Waals surface area contributed by atoms with E-state index in [1.54, 1.807) is 7.11 Å².